The van der Waals surface area contributed by atoms with E-state index in [0.717, 1.165) is 83.2 Å². The van der Waals surface area contributed by atoms with Gasteiger partial charge < -0.3 is 8.98 Å². The van der Waals surface area contributed by atoms with Crippen LogP contribution in [-0.4, -0.2) is 19.5 Å². The van der Waals surface area contributed by atoms with Gasteiger partial charge in [0.05, 0.1) is 16.4 Å². The fourth-order valence-corrected chi connectivity index (χ4v) is 13.6. The second-order valence-corrected chi connectivity index (χ2v) is 21.4. The monoisotopic (exact) mass is 1030 g/mol. The number of para-hydroxylation sites is 1. The predicted octanol–water partition coefficient (Wildman–Crippen LogP) is 19.2. The lowest BCUT2D eigenvalue weighted by molar-refractivity contribution is 0.669. The van der Waals surface area contributed by atoms with Crippen molar-refractivity contribution in [2.45, 2.75) is 5.41 Å². The molecule has 0 fully saturated rings. The van der Waals surface area contributed by atoms with E-state index in [0.29, 0.717) is 17.5 Å². The molecule has 2 aliphatic carbocycles. The molecule has 17 rings (SSSR count). The standard InChI is InChI=1S/C76H46N4O/c1-4-20-47(21-5-1)52-43-53(48-22-6-2-7-23-48)45-54(44-52)50-26-18-27-51(42-50)74-77-73(49-24-8-3-9-25-49)78-75(79-74)61-32-19-37-69-70(61)62-46-55(38-41-68(62)81-69)80-67-36-17-13-30-58(67)59-39-40-66-71(72(59)80)60-31-12-16-35-65(60)76(66)63-33-14-10-28-56(63)57-29-11-15-34-64(57)76/h1-46H. The molecule has 12 aromatic carbocycles. The maximum atomic E-state index is 6.81. The van der Waals surface area contributed by atoms with Gasteiger partial charge in [-0.2, -0.15) is 0 Å². The van der Waals surface area contributed by atoms with Crippen LogP contribution in [0.4, 0.5) is 0 Å². The Morgan fingerprint density at radius 2 is 0.802 bits per heavy atom. The molecule has 0 N–H and O–H groups in total. The fourth-order valence-electron chi connectivity index (χ4n) is 13.6. The van der Waals surface area contributed by atoms with Crippen LogP contribution in [0.15, 0.2) is 283 Å². The van der Waals surface area contributed by atoms with Gasteiger partial charge >= 0.3 is 0 Å². The number of benzene rings is 12. The minimum absolute atomic E-state index is 0.475. The predicted molar refractivity (Wildman–Crippen MR) is 330 cm³/mol. The van der Waals surface area contributed by atoms with Crippen molar-refractivity contribution in [2.75, 3.05) is 0 Å². The van der Waals surface area contributed by atoms with Crippen LogP contribution in [0, 0.1) is 0 Å². The summed E-state index contributed by atoms with van der Waals surface area (Å²) in [5, 5.41) is 4.34. The van der Waals surface area contributed by atoms with Crippen LogP contribution in [0.1, 0.15) is 22.3 Å². The summed E-state index contributed by atoms with van der Waals surface area (Å²) < 4.78 is 9.30. The molecular weight excluding hydrogens is 985 g/mol. The Morgan fingerprint density at radius 1 is 0.296 bits per heavy atom. The molecule has 5 nitrogen and oxygen atoms in total. The molecule has 0 atom stereocenters. The van der Waals surface area contributed by atoms with Crippen molar-refractivity contribution >= 4 is 43.7 Å². The summed E-state index contributed by atoms with van der Waals surface area (Å²) in [5.41, 5.74) is 24.3. The molecule has 0 amide bonds. The molecule has 376 valence electrons. The second kappa shape index (κ2) is 17.6. The van der Waals surface area contributed by atoms with Crippen LogP contribution in [0.25, 0.3) is 139 Å². The maximum Gasteiger partial charge on any atom is 0.164 e. The topological polar surface area (TPSA) is 56.7 Å². The molecule has 0 aliphatic heterocycles. The highest BCUT2D eigenvalue weighted by molar-refractivity contribution is 6.18. The molecule has 0 saturated heterocycles. The van der Waals surface area contributed by atoms with Gasteiger partial charge in [-0.05, 0) is 127 Å². The van der Waals surface area contributed by atoms with E-state index >= 15 is 0 Å². The Kier molecular flexibility index (Phi) is 9.86. The van der Waals surface area contributed by atoms with Gasteiger partial charge in [-0.1, -0.05) is 224 Å². The number of aromatic nitrogens is 4. The van der Waals surface area contributed by atoms with E-state index in [2.05, 4.69) is 259 Å². The van der Waals surface area contributed by atoms with Crippen LogP contribution in [-0.2, 0) is 5.41 Å². The van der Waals surface area contributed by atoms with Gasteiger partial charge in [0.25, 0.3) is 0 Å². The van der Waals surface area contributed by atoms with Gasteiger partial charge in [-0.15, -0.1) is 0 Å². The third-order valence-corrected chi connectivity index (χ3v) is 17.0. The van der Waals surface area contributed by atoms with Crippen LogP contribution < -0.4 is 0 Å². The van der Waals surface area contributed by atoms with Gasteiger partial charge in [-0.25, -0.2) is 15.0 Å². The minimum atomic E-state index is -0.475. The largest absolute Gasteiger partial charge is 0.456 e. The third-order valence-electron chi connectivity index (χ3n) is 17.0. The minimum Gasteiger partial charge on any atom is -0.456 e. The molecule has 15 aromatic rings. The van der Waals surface area contributed by atoms with Crippen molar-refractivity contribution in [1.82, 2.24) is 19.5 Å². The fraction of sp³-hybridized carbons (Fsp3) is 0.0132. The second-order valence-electron chi connectivity index (χ2n) is 21.4. The average molecular weight is 1030 g/mol. The molecule has 3 heterocycles. The third kappa shape index (κ3) is 6.76. The molecule has 0 unspecified atom stereocenters. The van der Waals surface area contributed by atoms with E-state index in [9.17, 15) is 0 Å². The van der Waals surface area contributed by atoms with Crippen molar-refractivity contribution in [3.63, 3.8) is 0 Å². The van der Waals surface area contributed by atoms with E-state index in [1.165, 1.54) is 60.8 Å². The molecule has 3 aromatic heterocycles. The summed E-state index contributed by atoms with van der Waals surface area (Å²) in [7, 11) is 0. The first-order valence-electron chi connectivity index (χ1n) is 27.7. The van der Waals surface area contributed by atoms with Crippen molar-refractivity contribution < 1.29 is 4.42 Å². The summed E-state index contributed by atoms with van der Waals surface area (Å²) in [6, 6.07) is 100. The van der Waals surface area contributed by atoms with Gasteiger partial charge in [0.2, 0.25) is 0 Å². The lowest BCUT2D eigenvalue weighted by atomic mass is 9.70. The van der Waals surface area contributed by atoms with Gasteiger partial charge in [0.15, 0.2) is 17.5 Å². The van der Waals surface area contributed by atoms with Crippen LogP contribution in [0.5, 0.6) is 0 Å². The van der Waals surface area contributed by atoms with E-state index in [-0.39, 0.29) is 0 Å². The number of nitrogens with zero attached hydrogens (tertiary/aromatic N) is 4. The number of furan rings is 1. The van der Waals surface area contributed by atoms with Gasteiger partial charge in [0, 0.05) is 49.5 Å². The zero-order chi connectivity index (χ0) is 53.2. The lowest BCUT2D eigenvalue weighted by Gasteiger charge is -2.30. The zero-order valence-electron chi connectivity index (χ0n) is 43.8. The number of fused-ring (bicyclic) bond motifs is 17. The highest BCUT2D eigenvalue weighted by atomic mass is 16.3. The van der Waals surface area contributed by atoms with Crippen molar-refractivity contribution in [3.8, 4) is 95.5 Å². The Bertz CT molecular complexity index is 4950. The van der Waals surface area contributed by atoms with Gasteiger partial charge in [0.1, 0.15) is 11.2 Å². The first kappa shape index (κ1) is 45.3. The van der Waals surface area contributed by atoms with Crippen molar-refractivity contribution in [3.05, 3.63) is 301 Å². The molecule has 0 saturated carbocycles. The Hall–Kier alpha value is -10.8. The normalized spacial score (nSPS) is 12.8. The lowest BCUT2D eigenvalue weighted by Crippen LogP contribution is -2.25. The molecule has 2 aliphatic rings. The average Bonchev–Trinajstić information content (AvgIpc) is 2.24. The Balaban J connectivity index is 0.860. The summed E-state index contributed by atoms with van der Waals surface area (Å²) in [4.78, 5) is 16.0. The maximum absolute atomic E-state index is 6.81. The molecule has 81 heavy (non-hydrogen) atoms. The zero-order valence-corrected chi connectivity index (χ0v) is 43.8. The van der Waals surface area contributed by atoms with Gasteiger partial charge in [-0.3, -0.25) is 0 Å². The quantitative estimate of drug-likeness (QED) is 0.160. The van der Waals surface area contributed by atoms with E-state index in [4.69, 9.17) is 19.4 Å². The Labute approximate surface area is 467 Å². The van der Waals surface area contributed by atoms with E-state index < -0.39 is 5.41 Å². The van der Waals surface area contributed by atoms with Crippen molar-refractivity contribution in [2.24, 2.45) is 0 Å². The molecule has 5 heteroatoms. The molecule has 0 bridgehead atoms. The highest BCUT2D eigenvalue weighted by Gasteiger charge is 2.52. The molecule has 0 radical (unpaired) electrons. The smallest absolute Gasteiger partial charge is 0.164 e. The number of hydrogen-bond donors (Lipinski definition) is 0. The molecular formula is C76H46N4O. The summed E-state index contributed by atoms with van der Waals surface area (Å²) in [6.45, 7) is 0. The highest BCUT2D eigenvalue weighted by Crippen LogP contribution is 2.64. The van der Waals surface area contributed by atoms with Crippen molar-refractivity contribution in [1.29, 1.82) is 0 Å². The van der Waals surface area contributed by atoms with E-state index in [1.807, 2.05) is 24.3 Å². The molecule has 1 spiro atoms. The van der Waals surface area contributed by atoms with Crippen LogP contribution in [0.2, 0.25) is 0 Å². The SMILES string of the molecule is c1ccc(-c2cc(-c3ccccc3)cc(-c3cccc(-c4nc(-c5ccccc5)nc(-c5cccc6oc7ccc(-n8c9ccccc9c9ccc%10c(c98)-c8ccccc8C%108c9ccccc9-c9ccccc98)cc7c56)n4)c3)c2)cc1. The number of rotatable bonds is 7. The number of hydrogen-bond acceptors (Lipinski definition) is 4. The Morgan fingerprint density at radius 3 is 1.49 bits per heavy atom. The summed E-state index contributed by atoms with van der Waals surface area (Å²) >= 11 is 0. The summed E-state index contributed by atoms with van der Waals surface area (Å²) in [6.07, 6.45) is 0. The summed E-state index contributed by atoms with van der Waals surface area (Å²) in [5.74, 6) is 1.74. The van der Waals surface area contributed by atoms with Crippen LogP contribution >= 0.6 is 0 Å². The van der Waals surface area contributed by atoms with Crippen LogP contribution in [0.3, 0.4) is 0 Å². The van der Waals surface area contributed by atoms with E-state index in [1.54, 1.807) is 0 Å². The first-order valence-corrected chi connectivity index (χ1v) is 27.7. The first-order chi connectivity index (χ1) is 40.2.